The second kappa shape index (κ2) is 11.2. The second-order valence-corrected chi connectivity index (χ2v) is 6.84. The Hall–Kier alpha value is 1.12. The minimum Gasteiger partial charge on any atom is -0.147 e. The van der Waals surface area contributed by atoms with E-state index in [9.17, 15) is 0 Å². The van der Waals surface area contributed by atoms with Gasteiger partial charge in [0.05, 0.1) is 0 Å². The van der Waals surface area contributed by atoms with Crippen molar-refractivity contribution in [2.75, 3.05) is 5.75 Å². The van der Waals surface area contributed by atoms with Gasteiger partial charge >= 0.3 is 81.2 Å². The first-order valence-corrected chi connectivity index (χ1v) is 7.85. The maximum absolute atomic E-state index is 2.30. The normalized spacial score (nSPS) is 12.8. The molecule has 0 aromatic heterocycles. The summed E-state index contributed by atoms with van der Waals surface area (Å²) >= 11 is 0.199. The molecule has 0 saturated carbocycles. The molecule has 0 unspecified atom stereocenters. The van der Waals surface area contributed by atoms with Gasteiger partial charge in [-0.3, -0.25) is 0 Å². The van der Waals surface area contributed by atoms with Crippen molar-refractivity contribution in [3.05, 3.63) is 22.1 Å². The molecule has 76 valence electrons. The van der Waals surface area contributed by atoms with Gasteiger partial charge in [0.15, 0.2) is 0 Å². The predicted molar refractivity (Wildman–Crippen MR) is 63.7 cm³/mol. The summed E-state index contributed by atoms with van der Waals surface area (Å²) in [5.41, 5.74) is 0. The van der Waals surface area contributed by atoms with Crippen LogP contribution in [0.3, 0.4) is 0 Å². The van der Waals surface area contributed by atoms with Crippen LogP contribution in [0.15, 0.2) is 22.1 Å². The molecule has 13 heavy (non-hydrogen) atoms. The van der Waals surface area contributed by atoms with Gasteiger partial charge in [0.1, 0.15) is 0 Å². The van der Waals surface area contributed by atoms with Crippen LogP contribution in [0.4, 0.5) is 0 Å². The fraction of sp³-hybridized carbons (Fsp3) is 0.556. The van der Waals surface area contributed by atoms with Crippen LogP contribution >= 0.6 is 34.2 Å². The van der Waals surface area contributed by atoms with E-state index in [1.165, 1.54) is 25.0 Å². The maximum Gasteiger partial charge on any atom is -0.147 e. The van der Waals surface area contributed by atoms with Gasteiger partial charge in [-0.1, -0.05) is 0 Å². The van der Waals surface area contributed by atoms with Crippen molar-refractivity contribution in [3.8, 4) is 0 Å². The second-order valence-electron chi connectivity index (χ2n) is 2.63. The Morgan fingerprint density at radius 3 is 2.77 bits per heavy atom. The quantitative estimate of drug-likeness (QED) is 0.535. The third kappa shape index (κ3) is 8.14. The van der Waals surface area contributed by atoms with Crippen LogP contribution in [0.25, 0.3) is 0 Å². The Kier molecular flexibility index (Phi) is 14.3. The Balaban J connectivity index is 0. The fourth-order valence-electron chi connectivity index (χ4n) is 0.883. The molecular formula is C9H16Cl2STi. The third-order valence-electron chi connectivity index (χ3n) is 1.57. The van der Waals surface area contributed by atoms with Gasteiger partial charge in [0.2, 0.25) is 0 Å². The number of allylic oxidation sites excluding steroid dienone is 4. The zero-order valence-corrected chi connectivity index (χ0v) is 11.8. The number of hydrogen-bond acceptors (Lipinski definition) is 1. The first-order valence-electron chi connectivity index (χ1n) is 4.17. The van der Waals surface area contributed by atoms with E-state index in [0.717, 1.165) is 0 Å². The topological polar surface area (TPSA) is 0 Å². The molecule has 0 heterocycles. The van der Waals surface area contributed by atoms with Crippen LogP contribution in [0.1, 0.15) is 26.2 Å². The first kappa shape index (κ1) is 16.6. The number of unbranched alkanes of at least 4 members (excludes halogenated alkanes) is 1. The standard InChI is InChI=1S/C5H5.C4H10S.2ClH.Ti/c1-2-4-5-3-1;1-2-3-4-5;;;/h1-3H,4H2;5H,2-4H2,1H3;2*1H;/q;;;;+1/p-1. The molecular weight excluding hydrogens is 259 g/mol. The molecule has 1 aliphatic rings. The van der Waals surface area contributed by atoms with Gasteiger partial charge in [-0.25, -0.2) is 0 Å². The van der Waals surface area contributed by atoms with Crippen LogP contribution < -0.4 is 0 Å². The molecule has 0 fully saturated rings. The Bertz CT molecular complexity index is 169. The van der Waals surface area contributed by atoms with Crippen molar-refractivity contribution in [1.82, 2.24) is 0 Å². The van der Waals surface area contributed by atoms with Gasteiger partial charge in [0, 0.05) is 0 Å². The van der Waals surface area contributed by atoms with Gasteiger partial charge in [-0.05, 0) is 0 Å². The molecule has 0 radical (unpaired) electrons. The van der Waals surface area contributed by atoms with E-state index in [-0.39, 0.29) is 42.7 Å². The first-order chi connectivity index (χ1) is 5.43. The van der Waals surface area contributed by atoms with Crippen molar-refractivity contribution in [3.63, 3.8) is 0 Å². The molecule has 1 rings (SSSR count). The van der Waals surface area contributed by atoms with E-state index in [2.05, 4.69) is 34.5 Å². The zero-order chi connectivity index (χ0) is 7.94. The molecule has 0 atom stereocenters. The molecule has 0 aliphatic heterocycles. The summed E-state index contributed by atoms with van der Waals surface area (Å²) in [7, 11) is 2.19. The van der Waals surface area contributed by atoms with E-state index < -0.39 is 0 Å². The Morgan fingerprint density at radius 2 is 2.23 bits per heavy atom. The summed E-state index contributed by atoms with van der Waals surface area (Å²) in [6, 6.07) is 0. The summed E-state index contributed by atoms with van der Waals surface area (Å²) in [6.07, 6.45) is 10.8. The summed E-state index contributed by atoms with van der Waals surface area (Å²) in [5, 5.41) is 0. The predicted octanol–water partition coefficient (Wildman–Crippen LogP) is 4.20. The number of hydrogen-bond donors (Lipinski definition) is 0. The summed E-state index contributed by atoms with van der Waals surface area (Å²) in [5.74, 6) is 1.38. The van der Waals surface area contributed by atoms with Crippen LogP contribution in [0.5, 0.6) is 0 Å². The van der Waals surface area contributed by atoms with E-state index in [0.29, 0.717) is 0 Å². The molecule has 0 aromatic rings. The van der Waals surface area contributed by atoms with Crippen molar-refractivity contribution in [2.24, 2.45) is 0 Å². The molecule has 0 spiro atoms. The van der Waals surface area contributed by atoms with E-state index in [4.69, 9.17) is 0 Å². The molecule has 4 heteroatoms. The van der Waals surface area contributed by atoms with Crippen LogP contribution in [0.2, 0.25) is 0 Å². The largest absolute Gasteiger partial charge is 0.147 e. The molecule has 1 aliphatic carbocycles. The smallest absolute Gasteiger partial charge is 0.147 e. The van der Waals surface area contributed by atoms with Crippen LogP contribution in [-0.4, -0.2) is 5.75 Å². The van der Waals surface area contributed by atoms with Gasteiger partial charge < -0.3 is 0 Å². The van der Waals surface area contributed by atoms with Gasteiger partial charge in [-0.15, -0.1) is 24.8 Å². The summed E-state index contributed by atoms with van der Waals surface area (Å²) in [6.45, 7) is 2.26. The number of halogens is 2. The Morgan fingerprint density at radius 1 is 1.46 bits per heavy atom. The summed E-state index contributed by atoms with van der Waals surface area (Å²) in [4.78, 5) is 0. The van der Waals surface area contributed by atoms with E-state index >= 15 is 0 Å². The maximum atomic E-state index is 2.30. The Labute approximate surface area is 105 Å². The molecule has 0 nitrogen and oxygen atoms in total. The minimum atomic E-state index is 0. The molecule has 0 bridgehead atoms. The van der Waals surface area contributed by atoms with E-state index in [1.54, 1.807) is 3.88 Å². The SMILES string of the molecule is CCCC[S][Ti][C]1=CC=CC1.Cl.Cl. The average Bonchev–Trinajstić information content (AvgIpc) is 2.50. The third-order valence-corrected chi connectivity index (χ3v) is 5.91. The van der Waals surface area contributed by atoms with Crippen molar-refractivity contribution in [1.29, 1.82) is 0 Å². The summed E-state index contributed by atoms with van der Waals surface area (Å²) < 4.78 is 1.71. The van der Waals surface area contributed by atoms with Crippen LogP contribution in [-0.2, 0) is 17.9 Å². The number of rotatable bonds is 5. The monoisotopic (exact) mass is 274 g/mol. The van der Waals surface area contributed by atoms with Crippen molar-refractivity contribution < 1.29 is 17.9 Å². The zero-order valence-electron chi connectivity index (χ0n) is 7.79. The molecule has 0 saturated heterocycles. The fourth-order valence-corrected chi connectivity index (χ4v) is 4.82. The molecule has 0 amide bonds. The minimum absolute atomic E-state index is 0. The van der Waals surface area contributed by atoms with Crippen molar-refractivity contribution in [2.45, 2.75) is 26.2 Å². The average molecular weight is 275 g/mol. The van der Waals surface area contributed by atoms with Crippen LogP contribution in [0, 0.1) is 0 Å². The van der Waals surface area contributed by atoms with Gasteiger partial charge in [-0.2, -0.15) is 0 Å². The molecule has 0 aromatic carbocycles. The van der Waals surface area contributed by atoms with Gasteiger partial charge in [0.25, 0.3) is 0 Å². The van der Waals surface area contributed by atoms with Crippen molar-refractivity contribution >= 4 is 34.2 Å². The van der Waals surface area contributed by atoms with E-state index in [1.807, 2.05) is 0 Å². The molecule has 0 N–H and O–H groups in total.